The number of halogens is 1. The second kappa shape index (κ2) is 5.20. The molecule has 1 fully saturated rings. The Morgan fingerprint density at radius 3 is 2.82 bits per heavy atom. The van der Waals surface area contributed by atoms with Crippen LogP contribution in [-0.2, 0) is 4.79 Å². The molecule has 1 aromatic rings. The number of thiocarbonyl (C=S) groups is 1. The highest BCUT2D eigenvalue weighted by molar-refractivity contribution is 9.10. The van der Waals surface area contributed by atoms with Crippen molar-refractivity contribution >= 4 is 56.2 Å². The van der Waals surface area contributed by atoms with Gasteiger partial charge in [-0.2, -0.15) is 0 Å². The Morgan fingerprint density at radius 2 is 2.29 bits per heavy atom. The van der Waals surface area contributed by atoms with Crippen molar-refractivity contribution in [3.63, 3.8) is 0 Å². The molecular weight excluding hydrogens is 322 g/mol. The van der Waals surface area contributed by atoms with Gasteiger partial charge in [0.05, 0.1) is 16.5 Å². The maximum Gasteiger partial charge on any atom is 0.263 e. The summed E-state index contributed by atoms with van der Waals surface area (Å²) >= 11 is 9.58. The number of hydrogen-bond donors (Lipinski definition) is 1. The number of rotatable bonds is 2. The topological polar surface area (TPSA) is 38.3 Å². The molecule has 1 amide bonds. The minimum absolute atomic E-state index is 0.146. The zero-order valence-corrected chi connectivity index (χ0v) is 12.0. The van der Waals surface area contributed by atoms with Crippen LogP contribution in [0.3, 0.4) is 0 Å². The lowest BCUT2D eigenvalue weighted by Crippen LogP contribution is -2.17. The molecule has 0 spiro atoms. The first kappa shape index (κ1) is 12.6. The molecule has 1 N–H and O–H groups in total. The fourth-order valence-corrected chi connectivity index (χ4v) is 2.95. The number of ether oxygens (including phenoxy) is 1. The molecule has 1 aromatic carbocycles. The largest absolute Gasteiger partial charge is 0.496 e. The van der Waals surface area contributed by atoms with E-state index in [1.54, 1.807) is 13.2 Å². The highest BCUT2D eigenvalue weighted by Gasteiger charge is 2.21. The Hall–Kier alpha value is -0.850. The maximum absolute atomic E-state index is 11.5. The highest BCUT2D eigenvalue weighted by Crippen LogP contribution is 2.29. The van der Waals surface area contributed by atoms with Crippen LogP contribution in [0.2, 0.25) is 0 Å². The van der Waals surface area contributed by atoms with E-state index in [1.165, 1.54) is 11.8 Å². The van der Waals surface area contributed by atoms with Gasteiger partial charge in [-0.25, -0.2) is 0 Å². The summed E-state index contributed by atoms with van der Waals surface area (Å²) in [7, 11) is 1.61. The first-order valence-electron chi connectivity index (χ1n) is 4.68. The predicted molar refractivity (Wildman–Crippen MR) is 77.0 cm³/mol. The van der Waals surface area contributed by atoms with Gasteiger partial charge in [-0.1, -0.05) is 30.0 Å². The van der Waals surface area contributed by atoms with Crippen molar-refractivity contribution in [1.82, 2.24) is 5.32 Å². The van der Waals surface area contributed by atoms with Gasteiger partial charge < -0.3 is 10.1 Å². The van der Waals surface area contributed by atoms with Crippen LogP contribution in [0.4, 0.5) is 0 Å². The summed E-state index contributed by atoms with van der Waals surface area (Å²) in [6.45, 7) is 0. The first-order chi connectivity index (χ1) is 8.10. The van der Waals surface area contributed by atoms with Gasteiger partial charge in [0.15, 0.2) is 0 Å². The van der Waals surface area contributed by atoms with Crippen LogP contribution in [0.1, 0.15) is 5.56 Å². The summed E-state index contributed by atoms with van der Waals surface area (Å²) in [5, 5.41) is 2.58. The molecule has 0 saturated carbocycles. The summed E-state index contributed by atoms with van der Waals surface area (Å²) in [6, 6.07) is 5.61. The molecule has 0 atom stereocenters. The van der Waals surface area contributed by atoms with Crippen molar-refractivity contribution < 1.29 is 9.53 Å². The normalized spacial score (nSPS) is 17.4. The number of thioether (sulfide) groups is 1. The van der Waals surface area contributed by atoms with Gasteiger partial charge in [-0.3, -0.25) is 4.79 Å². The fraction of sp³-hybridized carbons (Fsp3) is 0.0909. The van der Waals surface area contributed by atoms with Crippen molar-refractivity contribution in [1.29, 1.82) is 0 Å². The molecule has 88 valence electrons. The number of methoxy groups -OCH3 is 1. The van der Waals surface area contributed by atoms with Crippen LogP contribution in [-0.4, -0.2) is 17.3 Å². The predicted octanol–water partition coefficient (Wildman–Crippen LogP) is 2.95. The van der Waals surface area contributed by atoms with E-state index in [0.29, 0.717) is 9.23 Å². The smallest absolute Gasteiger partial charge is 0.263 e. The lowest BCUT2D eigenvalue weighted by molar-refractivity contribution is -0.115. The molecule has 2 rings (SSSR count). The molecule has 1 aliphatic heterocycles. The van der Waals surface area contributed by atoms with Gasteiger partial charge in [0.2, 0.25) is 0 Å². The number of benzene rings is 1. The number of nitrogens with one attached hydrogen (secondary N) is 1. The van der Waals surface area contributed by atoms with E-state index in [4.69, 9.17) is 17.0 Å². The monoisotopic (exact) mass is 329 g/mol. The van der Waals surface area contributed by atoms with E-state index in [9.17, 15) is 4.79 Å². The molecule has 17 heavy (non-hydrogen) atoms. The number of carbonyl (C=O) groups excluding carboxylic acids is 1. The van der Waals surface area contributed by atoms with E-state index < -0.39 is 0 Å². The Morgan fingerprint density at radius 1 is 1.53 bits per heavy atom. The molecule has 0 unspecified atom stereocenters. The summed E-state index contributed by atoms with van der Waals surface area (Å²) < 4.78 is 6.48. The van der Waals surface area contributed by atoms with Crippen LogP contribution in [0.15, 0.2) is 27.6 Å². The zero-order valence-electron chi connectivity index (χ0n) is 8.82. The molecule has 6 heteroatoms. The zero-order chi connectivity index (χ0) is 12.4. The van der Waals surface area contributed by atoms with Crippen LogP contribution >= 0.6 is 39.9 Å². The molecule has 0 radical (unpaired) electrons. The molecule has 0 bridgehead atoms. The van der Waals surface area contributed by atoms with Crippen molar-refractivity contribution in [3.05, 3.63) is 33.1 Å². The Labute approximate surface area is 117 Å². The number of hydrogen-bond acceptors (Lipinski definition) is 4. The van der Waals surface area contributed by atoms with E-state index in [2.05, 4.69) is 21.2 Å². The Balaban J connectivity index is 2.30. The van der Waals surface area contributed by atoms with Crippen molar-refractivity contribution in [2.24, 2.45) is 0 Å². The highest BCUT2D eigenvalue weighted by atomic mass is 79.9. The van der Waals surface area contributed by atoms with Gasteiger partial charge in [0.1, 0.15) is 10.1 Å². The van der Waals surface area contributed by atoms with Crippen LogP contribution in [0, 0.1) is 0 Å². The summed E-state index contributed by atoms with van der Waals surface area (Å²) in [5.41, 5.74) is 0.917. The summed E-state index contributed by atoms with van der Waals surface area (Å²) in [5.74, 6) is 0.609. The van der Waals surface area contributed by atoms with Crippen molar-refractivity contribution in [2.45, 2.75) is 0 Å². The van der Waals surface area contributed by atoms with E-state index >= 15 is 0 Å². The van der Waals surface area contributed by atoms with Crippen molar-refractivity contribution in [2.75, 3.05) is 7.11 Å². The molecule has 0 aliphatic carbocycles. The number of carbonyl (C=O) groups is 1. The third kappa shape index (κ3) is 2.88. The van der Waals surface area contributed by atoms with Crippen molar-refractivity contribution in [3.8, 4) is 5.75 Å². The van der Waals surface area contributed by atoms with Crippen LogP contribution in [0.5, 0.6) is 5.75 Å². The standard InChI is InChI=1S/C11H8BrNO2S2/c1-15-8-3-2-6(4-7(8)12)5-9-10(14)13-11(16)17-9/h2-5H,1H3,(H,13,14,16)/b9-5+. The number of amides is 1. The van der Waals surface area contributed by atoms with Gasteiger partial charge in [-0.05, 0) is 39.7 Å². The third-order valence-electron chi connectivity index (χ3n) is 2.12. The van der Waals surface area contributed by atoms with Gasteiger partial charge in [-0.15, -0.1) is 0 Å². The lowest BCUT2D eigenvalue weighted by atomic mass is 10.2. The maximum atomic E-state index is 11.5. The quantitative estimate of drug-likeness (QED) is 0.668. The summed E-state index contributed by atoms with van der Waals surface area (Å²) in [4.78, 5) is 12.1. The van der Waals surface area contributed by atoms with Gasteiger partial charge >= 0.3 is 0 Å². The third-order valence-corrected chi connectivity index (χ3v) is 3.90. The SMILES string of the molecule is COc1ccc(/C=C2/SC(=S)NC2=O)cc1Br. The van der Waals surface area contributed by atoms with E-state index in [-0.39, 0.29) is 5.91 Å². The van der Waals surface area contributed by atoms with Gasteiger partial charge in [0, 0.05) is 0 Å². The molecule has 0 aromatic heterocycles. The second-order valence-corrected chi connectivity index (χ2v) is 5.82. The fourth-order valence-electron chi connectivity index (χ4n) is 1.34. The minimum Gasteiger partial charge on any atom is -0.496 e. The Kier molecular flexibility index (Phi) is 3.86. The average Bonchev–Trinajstić information content (AvgIpc) is 2.58. The lowest BCUT2D eigenvalue weighted by Gasteiger charge is -2.03. The summed E-state index contributed by atoms with van der Waals surface area (Å²) in [6.07, 6.45) is 1.80. The average molecular weight is 330 g/mol. The molecule has 1 aliphatic rings. The molecule has 1 heterocycles. The molecule has 1 saturated heterocycles. The van der Waals surface area contributed by atoms with Crippen LogP contribution in [0.25, 0.3) is 6.08 Å². The second-order valence-electron chi connectivity index (χ2n) is 3.25. The van der Waals surface area contributed by atoms with Crippen LogP contribution < -0.4 is 10.1 Å². The first-order valence-corrected chi connectivity index (χ1v) is 6.70. The van der Waals surface area contributed by atoms with Gasteiger partial charge in [0.25, 0.3) is 5.91 Å². The molecular formula is C11H8BrNO2S2. The molecule has 3 nitrogen and oxygen atoms in total. The minimum atomic E-state index is -0.146. The van der Waals surface area contributed by atoms with E-state index in [0.717, 1.165) is 15.8 Å². The van der Waals surface area contributed by atoms with E-state index in [1.807, 2.05) is 18.2 Å². The Bertz CT molecular complexity index is 528.